The minimum absolute atomic E-state index is 0.168. The minimum atomic E-state index is 0.168. The van der Waals surface area contributed by atoms with Crippen LogP contribution in [0.2, 0.25) is 0 Å². The molecule has 1 aromatic rings. The summed E-state index contributed by atoms with van der Waals surface area (Å²) in [5.74, 6) is 0. The van der Waals surface area contributed by atoms with Crippen LogP contribution in [0.4, 0.5) is 0 Å². The van der Waals surface area contributed by atoms with Crippen LogP contribution in [0.25, 0.3) is 0 Å². The van der Waals surface area contributed by atoms with Gasteiger partial charge < -0.3 is 10.1 Å². The van der Waals surface area contributed by atoms with Gasteiger partial charge in [0.05, 0.1) is 6.10 Å². The summed E-state index contributed by atoms with van der Waals surface area (Å²) in [7, 11) is 1.82. The Morgan fingerprint density at radius 1 is 1.19 bits per heavy atom. The summed E-state index contributed by atoms with van der Waals surface area (Å²) in [5.41, 5.74) is 2.91. The molecular formula is C18H30N2O. The van der Waals surface area contributed by atoms with Gasteiger partial charge in [0.2, 0.25) is 0 Å². The predicted octanol–water partition coefficient (Wildman–Crippen LogP) is 3.19. The molecule has 3 heteroatoms. The smallest absolute Gasteiger partial charge is 0.0698 e. The number of ether oxygens (including phenoxy) is 1. The van der Waals surface area contributed by atoms with Crippen LogP contribution in [-0.2, 0) is 17.8 Å². The summed E-state index contributed by atoms with van der Waals surface area (Å²) in [4.78, 5) is 2.50. The topological polar surface area (TPSA) is 24.5 Å². The monoisotopic (exact) mass is 290 g/mol. The number of benzene rings is 1. The summed E-state index contributed by atoms with van der Waals surface area (Å²) in [5, 5.41) is 3.53. The van der Waals surface area contributed by atoms with Gasteiger partial charge in [-0.25, -0.2) is 0 Å². The molecule has 3 nitrogen and oxygen atoms in total. The first-order chi connectivity index (χ1) is 9.96. The molecule has 21 heavy (non-hydrogen) atoms. The number of nitrogens with one attached hydrogen (secondary N) is 1. The van der Waals surface area contributed by atoms with Crippen LogP contribution < -0.4 is 5.32 Å². The highest BCUT2D eigenvalue weighted by atomic mass is 16.5. The first-order valence-corrected chi connectivity index (χ1v) is 8.04. The number of piperidine rings is 1. The van der Waals surface area contributed by atoms with E-state index < -0.39 is 0 Å². The maximum Gasteiger partial charge on any atom is 0.0698 e. The molecular weight excluding hydrogens is 260 g/mol. The van der Waals surface area contributed by atoms with E-state index in [0.717, 1.165) is 19.6 Å². The lowest BCUT2D eigenvalue weighted by Gasteiger charge is -2.31. The van der Waals surface area contributed by atoms with Crippen molar-refractivity contribution in [3.05, 3.63) is 35.4 Å². The van der Waals surface area contributed by atoms with E-state index in [4.69, 9.17) is 4.74 Å². The van der Waals surface area contributed by atoms with Gasteiger partial charge in [-0.2, -0.15) is 0 Å². The largest absolute Gasteiger partial charge is 0.380 e. The zero-order chi connectivity index (χ0) is 15.3. The van der Waals surface area contributed by atoms with Crippen molar-refractivity contribution in [1.29, 1.82) is 0 Å². The second kappa shape index (κ2) is 7.39. The Kier molecular flexibility index (Phi) is 5.80. The molecule has 1 aliphatic heterocycles. The summed E-state index contributed by atoms with van der Waals surface area (Å²) in [6.45, 7) is 10.8. The zero-order valence-electron chi connectivity index (χ0n) is 14.0. The van der Waals surface area contributed by atoms with E-state index in [2.05, 4.69) is 55.3 Å². The Bertz CT molecular complexity index is 422. The number of hydrogen-bond acceptors (Lipinski definition) is 3. The third-order valence-corrected chi connectivity index (χ3v) is 4.05. The number of rotatable bonds is 5. The molecule has 118 valence electrons. The fourth-order valence-electron chi connectivity index (χ4n) is 2.74. The van der Waals surface area contributed by atoms with Gasteiger partial charge in [-0.15, -0.1) is 0 Å². The highest BCUT2D eigenvalue weighted by Crippen LogP contribution is 2.16. The summed E-state index contributed by atoms with van der Waals surface area (Å²) in [6.07, 6.45) is 2.85. The summed E-state index contributed by atoms with van der Waals surface area (Å²) >= 11 is 0. The lowest BCUT2D eigenvalue weighted by Crippen LogP contribution is -2.38. The van der Waals surface area contributed by atoms with Crippen LogP contribution >= 0.6 is 0 Å². The highest BCUT2D eigenvalue weighted by Gasteiger charge is 2.19. The molecule has 1 saturated heterocycles. The van der Waals surface area contributed by atoms with Gasteiger partial charge in [0.1, 0.15) is 0 Å². The van der Waals surface area contributed by atoms with E-state index in [0.29, 0.717) is 6.10 Å². The maximum atomic E-state index is 5.49. The first-order valence-electron chi connectivity index (χ1n) is 8.04. The molecule has 0 saturated carbocycles. The fourth-order valence-corrected chi connectivity index (χ4v) is 2.74. The highest BCUT2D eigenvalue weighted by molar-refractivity contribution is 5.22. The van der Waals surface area contributed by atoms with Crippen molar-refractivity contribution in [1.82, 2.24) is 10.2 Å². The van der Waals surface area contributed by atoms with Gasteiger partial charge in [0, 0.05) is 32.3 Å². The molecule has 0 aromatic heterocycles. The van der Waals surface area contributed by atoms with Gasteiger partial charge >= 0.3 is 0 Å². The second-order valence-corrected chi connectivity index (χ2v) is 7.16. The normalized spacial score (nSPS) is 20.7. The molecule has 0 amide bonds. The molecule has 2 rings (SSSR count). The van der Waals surface area contributed by atoms with E-state index in [-0.39, 0.29) is 5.54 Å². The molecule has 1 aromatic carbocycles. The van der Waals surface area contributed by atoms with Crippen LogP contribution in [0.5, 0.6) is 0 Å². The number of hydrogen-bond donors (Lipinski definition) is 1. The molecule has 0 radical (unpaired) electrons. The third-order valence-electron chi connectivity index (χ3n) is 4.05. The summed E-state index contributed by atoms with van der Waals surface area (Å²) < 4.78 is 5.49. The average molecular weight is 290 g/mol. The van der Waals surface area contributed by atoms with Gasteiger partial charge in [-0.1, -0.05) is 24.3 Å². The first kappa shape index (κ1) is 16.5. The van der Waals surface area contributed by atoms with Crippen molar-refractivity contribution in [3.63, 3.8) is 0 Å². The van der Waals surface area contributed by atoms with E-state index in [1.165, 1.54) is 30.5 Å². The van der Waals surface area contributed by atoms with Gasteiger partial charge in [0.25, 0.3) is 0 Å². The average Bonchev–Trinajstić information content (AvgIpc) is 2.46. The fraction of sp³-hybridized carbons (Fsp3) is 0.667. The van der Waals surface area contributed by atoms with Crippen LogP contribution in [0.3, 0.4) is 0 Å². The summed E-state index contributed by atoms with van der Waals surface area (Å²) in [6, 6.07) is 9.00. The van der Waals surface area contributed by atoms with Crippen molar-refractivity contribution in [2.24, 2.45) is 0 Å². The van der Waals surface area contributed by atoms with Gasteiger partial charge in [-0.05, 0) is 51.3 Å². The predicted molar refractivity (Wildman–Crippen MR) is 88.3 cm³/mol. The third kappa shape index (κ3) is 5.77. The van der Waals surface area contributed by atoms with E-state index in [1.54, 1.807) is 0 Å². The molecule has 0 aliphatic carbocycles. The van der Waals surface area contributed by atoms with Crippen molar-refractivity contribution in [3.8, 4) is 0 Å². The molecule has 1 fully saturated rings. The Morgan fingerprint density at radius 2 is 1.86 bits per heavy atom. The van der Waals surface area contributed by atoms with E-state index >= 15 is 0 Å². The van der Waals surface area contributed by atoms with Crippen molar-refractivity contribution >= 4 is 0 Å². The SMILES string of the molecule is COC1CCCN(Cc2ccc(CNC(C)(C)C)cc2)C1. The second-order valence-electron chi connectivity index (χ2n) is 7.16. The van der Waals surface area contributed by atoms with Crippen LogP contribution in [0.1, 0.15) is 44.7 Å². The van der Waals surface area contributed by atoms with Crippen molar-refractivity contribution < 1.29 is 4.74 Å². The zero-order valence-corrected chi connectivity index (χ0v) is 14.0. The molecule has 0 spiro atoms. The molecule has 1 unspecified atom stereocenters. The van der Waals surface area contributed by atoms with Crippen molar-refractivity contribution in [2.45, 2.75) is 58.3 Å². The quantitative estimate of drug-likeness (QED) is 0.901. The van der Waals surface area contributed by atoms with Gasteiger partial charge in [0.15, 0.2) is 0 Å². The molecule has 0 bridgehead atoms. The van der Waals surface area contributed by atoms with Crippen LogP contribution in [0, 0.1) is 0 Å². The van der Waals surface area contributed by atoms with Crippen LogP contribution in [-0.4, -0.2) is 36.7 Å². The molecule has 1 aliphatic rings. The van der Waals surface area contributed by atoms with Crippen LogP contribution in [0.15, 0.2) is 24.3 Å². The van der Waals surface area contributed by atoms with E-state index in [1.807, 2.05) is 7.11 Å². The standard InChI is InChI=1S/C18H30N2O/c1-18(2,3)19-12-15-7-9-16(10-8-15)13-20-11-5-6-17(14-20)21-4/h7-10,17,19H,5-6,11-14H2,1-4H3. The Morgan fingerprint density at radius 3 is 2.48 bits per heavy atom. The number of nitrogens with zero attached hydrogens (tertiary/aromatic N) is 1. The minimum Gasteiger partial charge on any atom is -0.380 e. The van der Waals surface area contributed by atoms with Gasteiger partial charge in [-0.3, -0.25) is 4.90 Å². The number of methoxy groups -OCH3 is 1. The number of likely N-dealkylation sites (tertiary alicyclic amines) is 1. The Hall–Kier alpha value is -0.900. The van der Waals surface area contributed by atoms with E-state index in [9.17, 15) is 0 Å². The molecule has 1 atom stereocenters. The molecule has 1 heterocycles. The van der Waals surface area contributed by atoms with Crippen molar-refractivity contribution in [2.75, 3.05) is 20.2 Å². The lowest BCUT2D eigenvalue weighted by molar-refractivity contribution is 0.0285. The lowest BCUT2D eigenvalue weighted by atomic mass is 10.1. The molecule has 1 N–H and O–H groups in total. The Labute approximate surface area is 129 Å². The maximum absolute atomic E-state index is 5.49. The Balaban J connectivity index is 1.84.